The fraction of sp³-hybridized carbons (Fsp3) is 0.417. The summed E-state index contributed by atoms with van der Waals surface area (Å²) in [7, 11) is 0. The number of likely N-dealkylation sites (N-methyl/N-ethyl adjacent to an activating group) is 1. The zero-order chi connectivity index (χ0) is 19.5. The molecule has 0 unspecified atom stereocenters. The van der Waals surface area contributed by atoms with Crippen molar-refractivity contribution in [3.05, 3.63) is 70.4 Å². The standard InChI is InChI=1S/C24H30ClN3/c1-3-27-14-8-10-20(27)15-26-16-22-18(2)28(24-13-7-5-11-21(22)24)17-19-9-4-6-12-23(19)25/h4-7,9,11-13,20,26H,3,8,10,14-17H2,1-2H3/t20-/m1/s1. The van der Waals surface area contributed by atoms with E-state index in [1.165, 1.54) is 41.5 Å². The van der Waals surface area contributed by atoms with Crippen molar-refractivity contribution in [2.75, 3.05) is 19.6 Å². The van der Waals surface area contributed by atoms with Crippen molar-refractivity contribution in [3.8, 4) is 0 Å². The fourth-order valence-electron chi connectivity index (χ4n) is 4.63. The fourth-order valence-corrected chi connectivity index (χ4v) is 4.83. The first-order valence-electron chi connectivity index (χ1n) is 10.4. The lowest BCUT2D eigenvalue weighted by atomic mass is 10.1. The number of nitrogens with zero attached hydrogens (tertiary/aromatic N) is 2. The third kappa shape index (κ3) is 3.84. The van der Waals surface area contributed by atoms with Gasteiger partial charge >= 0.3 is 0 Å². The molecule has 4 heteroatoms. The van der Waals surface area contributed by atoms with E-state index < -0.39 is 0 Å². The minimum Gasteiger partial charge on any atom is -0.340 e. The number of halogens is 1. The highest BCUT2D eigenvalue weighted by atomic mass is 35.5. The summed E-state index contributed by atoms with van der Waals surface area (Å²) in [5.41, 5.74) is 5.18. The lowest BCUT2D eigenvalue weighted by molar-refractivity contribution is 0.260. The molecule has 0 spiro atoms. The summed E-state index contributed by atoms with van der Waals surface area (Å²) in [4.78, 5) is 2.60. The van der Waals surface area contributed by atoms with E-state index in [-0.39, 0.29) is 0 Å². The normalized spacial score (nSPS) is 17.6. The molecule has 2 aromatic carbocycles. The van der Waals surface area contributed by atoms with Crippen LogP contribution in [0.1, 0.15) is 36.6 Å². The Labute approximate surface area is 173 Å². The van der Waals surface area contributed by atoms with E-state index in [2.05, 4.69) is 65.0 Å². The van der Waals surface area contributed by atoms with Gasteiger partial charge in [0.1, 0.15) is 0 Å². The number of hydrogen-bond acceptors (Lipinski definition) is 2. The molecule has 28 heavy (non-hydrogen) atoms. The molecule has 0 bridgehead atoms. The average molecular weight is 396 g/mol. The van der Waals surface area contributed by atoms with Gasteiger partial charge in [0.05, 0.1) is 0 Å². The minimum absolute atomic E-state index is 0.682. The second-order valence-electron chi connectivity index (χ2n) is 7.81. The number of likely N-dealkylation sites (tertiary alicyclic amines) is 1. The molecule has 1 aliphatic rings. The van der Waals surface area contributed by atoms with Crippen LogP contribution < -0.4 is 5.32 Å². The number of para-hydroxylation sites is 1. The van der Waals surface area contributed by atoms with Crippen molar-refractivity contribution in [1.82, 2.24) is 14.8 Å². The highest BCUT2D eigenvalue weighted by Gasteiger charge is 2.22. The number of nitrogens with one attached hydrogen (secondary N) is 1. The Morgan fingerprint density at radius 2 is 1.89 bits per heavy atom. The van der Waals surface area contributed by atoms with Crippen LogP contribution in [0.3, 0.4) is 0 Å². The Morgan fingerprint density at radius 3 is 2.71 bits per heavy atom. The molecule has 1 N–H and O–H groups in total. The van der Waals surface area contributed by atoms with E-state index in [0.29, 0.717) is 6.04 Å². The maximum Gasteiger partial charge on any atom is 0.0493 e. The maximum atomic E-state index is 6.44. The highest BCUT2D eigenvalue weighted by molar-refractivity contribution is 6.31. The molecule has 0 saturated carbocycles. The van der Waals surface area contributed by atoms with Gasteiger partial charge < -0.3 is 9.88 Å². The SMILES string of the molecule is CCN1CCC[C@@H]1CNCc1c(C)n(Cc2ccccc2Cl)c2ccccc12. The van der Waals surface area contributed by atoms with E-state index >= 15 is 0 Å². The van der Waals surface area contributed by atoms with Crippen LogP contribution in [0.15, 0.2) is 48.5 Å². The summed E-state index contributed by atoms with van der Waals surface area (Å²) in [5, 5.41) is 5.93. The summed E-state index contributed by atoms with van der Waals surface area (Å²) in [6, 6.07) is 17.6. The van der Waals surface area contributed by atoms with E-state index in [0.717, 1.165) is 36.8 Å². The third-order valence-electron chi connectivity index (χ3n) is 6.23. The van der Waals surface area contributed by atoms with E-state index in [4.69, 9.17) is 11.6 Å². The molecule has 1 aromatic heterocycles. The Kier molecular flexibility index (Phi) is 6.05. The van der Waals surface area contributed by atoms with Crippen LogP contribution in [0.25, 0.3) is 10.9 Å². The second-order valence-corrected chi connectivity index (χ2v) is 8.22. The van der Waals surface area contributed by atoms with Crippen LogP contribution >= 0.6 is 11.6 Å². The molecular weight excluding hydrogens is 366 g/mol. The molecule has 2 heterocycles. The van der Waals surface area contributed by atoms with Gasteiger partial charge in [-0.1, -0.05) is 54.9 Å². The molecule has 0 aliphatic carbocycles. The molecule has 1 atom stereocenters. The molecule has 1 aliphatic heterocycles. The second kappa shape index (κ2) is 8.69. The van der Waals surface area contributed by atoms with Gasteiger partial charge in [0, 0.05) is 47.3 Å². The first-order chi connectivity index (χ1) is 13.7. The van der Waals surface area contributed by atoms with Crippen molar-refractivity contribution in [3.63, 3.8) is 0 Å². The summed E-state index contributed by atoms with van der Waals surface area (Å²) < 4.78 is 2.40. The van der Waals surface area contributed by atoms with Gasteiger partial charge in [-0.05, 0) is 56.1 Å². The number of benzene rings is 2. The Hall–Kier alpha value is -1.81. The number of aromatic nitrogens is 1. The van der Waals surface area contributed by atoms with Crippen LogP contribution in [0.5, 0.6) is 0 Å². The van der Waals surface area contributed by atoms with Crippen molar-refractivity contribution in [1.29, 1.82) is 0 Å². The van der Waals surface area contributed by atoms with E-state index in [1.54, 1.807) is 0 Å². The van der Waals surface area contributed by atoms with Gasteiger partial charge in [0.15, 0.2) is 0 Å². The van der Waals surface area contributed by atoms with Crippen molar-refractivity contribution >= 4 is 22.5 Å². The predicted molar refractivity (Wildman–Crippen MR) is 119 cm³/mol. The van der Waals surface area contributed by atoms with Crippen molar-refractivity contribution in [2.24, 2.45) is 0 Å². The van der Waals surface area contributed by atoms with Crippen LogP contribution in [-0.2, 0) is 13.1 Å². The van der Waals surface area contributed by atoms with Gasteiger partial charge in [0.25, 0.3) is 0 Å². The predicted octanol–water partition coefficient (Wildman–Crippen LogP) is 5.23. The monoisotopic (exact) mass is 395 g/mol. The molecule has 148 valence electrons. The zero-order valence-electron chi connectivity index (χ0n) is 16.9. The minimum atomic E-state index is 0.682. The highest BCUT2D eigenvalue weighted by Crippen LogP contribution is 2.28. The van der Waals surface area contributed by atoms with Crippen LogP contribution in [0.2, 0.25) is 5.02 Å². The average Bonchev–Trinajstić information content (AvgIpc) is 3.27. The van der Waals surface area contributed by atoms with Crippen molar-refractivity contribution < 1.29 is 0 Å². The van der Waals surface area contributed by atoms with Crippen LogP contribution in [0, 0.1) is 6.92 Å². The molecule has 1 saturated heterocycles. The first kappa shape index (κ1) is 19.5. The van der Waals surface area contributed by atoms with Crippen LogP contribution in [0.4, 0.5) is 0 Å². The van der Waals surface area contributed by atoms with E-state index in [9.17, 15) is 0 Å². The molecule has 3 nitrogen and oxygen atoms in total. The van der Waals surface area contributed by atoms with Crippen LogP contribution in [-0.4, -0.2) is 35.1 Å². The lowest BCUT2D eigenvalue weighted by Crippen LogP contribution is -2.37. The Balaban J connectivity index is 1.57. The smallest absolute Gasteiger partial charge is 0.0493 e. The summed E-state index contributed by atoms with van der Waals surface area (Å²) in [6.07, 6.45) is 2.64. The largest absolute Gasteiger partial charge is 0.340 e. The van der Waals surface area contributed by atoms with Gasteiger partial charge in [-0.15, -0.1) is 0 Å². The summed E-state index contributed by atoms with van der Waals surface area (Å²) in [5.74, 6) is 0. The number of hydrogen-bond donors (Lipinski definition) is 1. The molecular formula is C24H30ClN3. The third-order valence-corrected chi connectivity index (χ3v) is 6.60. The summed E-state index contributed by atoms with van der Waals surface area (Å²) >= 11 is 6.44. The molecule has 1 fully saturated rings. The number of fused-ring (bicyclic) bond motifs is 1. The quantitative estimate of drug-likeness (QED) is 0.591. The lowest BCUT2D eigenvalue weighted by Gasteiger charge is -2.23. The van der Waals surface area contributed by atoms with Gasteiger partial charge in [-0.2, -0.15) is 0 Å². The molecule has 0 radical (unpaired) electrons. The van der Waals surface area contributed by atoms with Gasteiger partial charge in [0.2, 0.25) is 0 Å². The number of rotatable bonds is 7. The maximum absolute atomic E-state index is 6.44. The zero-order valence-corrected chi connectivity index (χ0v) is 17.7. The Bertz CT molecular complexity index is 946. The molecule has 3 aromatic rings. The molecule has 4 rings (SSSR count). The van der Waals surface area contributed by atoms with E-state index in [1.807, 2.05) is 12.1 Å². The van der Waals surface area contributed by atoms with Crippen molar-refractivity contribution in [2.45, 2.75) is 45.8 Å². The first-order valence-corrected chi connectivity index (χ1v) is 10.8. The summed E-state index contributed by atoms with van der Waals surface area (Å²) in [6.45, 7) is 9.69. The van der Waals surface area contributed by atoms with Gasteiger partial charge in [-0.3, -0.25) is 4.90 Å². The molecule has 0 amide bonds. The Morgan fingerprint density at radius 1 is 1.11 bits per heavy atom. The van der Waals surface area contributed by atoms with Gasteiger partial charge in [-0.25, -0.2) is 0 Å². The topological polar surface area (TPSA) is 20.2 Å².